The zero-order valence-electron chi connectivity index (χ0n) is 7.76. The second-order valence-corrected chi connectivity index (χ2v) is 4.74. The van der Waals surface area contributed by atoms with Gasteiger partial charge in [-0.15, -0.1) is 0 Å². The van der Waals surface area contributed by atoms with Crippen LogP contribution in [0.15, 0.2) is 0 Å². The van der Waals surface area contributed by atoms with Crippen molar-refractivity contribution in [1.29, 1.82) is 0 Å². The smallest absolute Gasteiger partial charge is 0.0658 e. The van der Waals surface area contributed by atoms with Crippen LogP contribution in [-0.2, 0) is 4.74 Å². The fourth-order valence-electron chi connectivity index (χ4n) is 2.83. The van der Waals surface area contributed by atoms with Crippen molar-refractivity contribution in [2.24, 2.45) is 17.8 Å². The molecular formula is C10H18O. The Morgan fingerprint density at radius 3 is 2.64 bits per heavy atom. The van der Waals surface area contributed by atoms with Gasteiger partial charge in [-0.3, -0.25) is 0 Å². The van der Waals surface area contributed by atoms with Crippen molar-refractivity contribution in [2.75, 3.05) is 6.61 Å². The number of rotatable bonds is 0. The van der Waals surface area contributed by atoms with Gasteiger partial charge >= 0.3 is 0 Å². The monoisotopic (exact) mass is 154 g/mol. The van der Waals surface area contributed by atoms with Gasteiger partial charge in [0.15, 0.2) is 0 Å². The Kier molecular flexibility index (Phi) is 1.54. The third-order valence-electron chi connectivity index (χ3n) is 3.72. The van der Waals surface area contributed by atoms with Crippen molar-refractivity contribution in [3.63, 3.8) is 0 Å². The maximum Gasteiger partial charge on any atom is 0.0658 e. The summed E-state index contributed by atoms with van der Waals surface area (Å²) < 4.78 is 5.78. The molecule has 0 bridgehead atoms. The Labute approximate surface area is 69.1 Å². The van der Waals surface area contributed by atoms with Gasteiger partial charge in [0.2, 0.25) is 0 Å². The average molecular weight is 154 g/mol. The first kappa shape index (κ1) is 7.60. The molecule has 2 aliphatic rings. The van der Waals surface area contributed by atoms with Crippen LogP contribution in [0.5, 0.6) is 0 Å². The first-order valence-electron chi connectivity index (χ1n) is 4.75. The summed E-state index contributed by atoms with van der Waals surface area (Å²) in [5.41, 5.74) is 0.176. The van der Waals surface area contributed by atoms with Gasteiger partial charge in [0.25, 0.3) is 0 Å². The van der Waals surface area contributed by atoms with Gasteiger partial charge in [0.05, 0.1) is 12.2 Å². The lowest BCUT2D eigenvalue weighted by Crippen LogP contribution is -2.27. The molecule has 0 unspecified atom stereocenters. The summed E-state index contributed by atoms with van der Waals surface area (Å²) in [7, 11) is 0. The van der Waals surface area contributed by atoms with Crippen molar-refractivity contribution in [1.82, 2.24) is 0 Å². The number of fused-ring (bicyclic) bond motifs is 1. The molecule has 2 fully saturated rings. The fraction of sp³-hybridized carbons (Fsp3) is 1.00. The SMILES string of the molecule is C[C@H]1CC[C@@H]2[C@H]1COC2(C)C. The van der Waals surface area contributed by atoms with E-state index in [4.69, 9.17) is 4.74 Å². The Balaban J connectivity index is 2.17. The number of hydrogen-bond donors (Lipinski definition) is 0. The van der Waals surface area contributed by atoms with E-state index in [0.717, 1.165) is 24.4 Å². The van der Waals surface area contributed by atoms with E-state index in [1.54, 1.807) is 0 Å². The Hall–Kier alpha value is -0.0400. The van der Waals surface area contributed by atoms with Crippen LogP contribution in [0.3, 0.4) is 0 Å². The van der Waals surface area contributed by atoms with Crippen molar-refractivity contribution >= 4 is 0 Å². The lowest BCUT2D eigenvalue weighted by Gasteiger charge is -2.24. The second-order valence-electron chi connectivity index (χ2n) is 4.74. The molecule has 1 nitrogen and oxygen atoms in total. The lowest BCUT2D eigenvalue weighted by atomic mass is 9.84. The number of hydrogen-bond acceptors (Lipinski definition) is 1. The van der Waals surface area contributed by atoms with E-state index in [0.29, 0.717) is 0 Å². The van der Waals surface area contributed by atoms with E-state index >= 15 is 0 Å². The van der Waals surface area contributed by atoms with Gasteiger partial charge in [0, 0.05) is 0 Å². The van der Waals surface area contributed by atoms with Crippen LogP contribution in [0.25, 0.3) is 0 Å². The van der Waals surface area contributed by atoms with Crippen molar-refractivity contribution in [2.45, 2.75) is 39.2 Å². The van der Waals surface area contributed by atoms with E-state index < -0.39 is 0 Å². The molecule has 0 spiro atoms. The van der Waals surface area contributed by atoms with Gasteiger partial charge in [-0.25, -0.2) is 0 Å². The highest BCUT2D eigenvalue weighted by Gasteiger charge is 2.48. The van der Waals surface area contributed by atoms with Crippen LogP contribution >= 0.6 is 0 Å². The van der Waals surface area contributed by atoms with Gasteiger partial charge in [-0.05, 0) is 44.4 Å². The van der Waals surface area contributed by atoms with Gasteiger partial charge < -0.3 is 4.74 Å². The molecule has 64 valence electrons. The summed E-state index contributed by atoms with van der Waals surface area (Å²) in [6.45, 7) is 7.87. The molecule has 1 saturated carbocycles. The van der Waals surface area contributed by atoms with E-state index in [1.807, 2.05) is 0 Å². The third kappa shape index (κ3) is 1.01. The van der Waals surface area contributed by atoms with Gasteiger partial charge in [0.1, 0.15) is 0 Å². The highest BCUT2D eigenvalue weighted by molar-refractivity contribution is 4.96. The third-order valence-corrected chi connectivity index (χ3v) is 3.72. The van der Waals surface area contributed by atoms with Crippen LogP contribution < -0.4 is 0 Å². The van der Waals surface area contributed by atoms with E-state index in [1.165, 1.54) is 12.8 Å². The minimum Gasteiger partial charge on any atom is -0.375 e. The summed E-state index contributed by atoms with van der Waals surface area (Å²) in [4.78, 5) is 0. The zero-order chi connectivity index (χ0) is 8.06. The summed E-state index contributed by atoms with van der Waals surface area (Å²) in [5.74, 6) is 2.62. The summed E-state index contributed by atoms with van der Waals surface area (Å²) in [6.07, 6.45) is 2.81. The predicted molar refractivity (Wildman–Crippen MR) is 45.4 cm³/mol. The molecule has 0 N–H and O–H groups in total. The standard InChI is InChI=1S/C10H18O/c1-7-4-5-9-8(7)6-11-10(9,2)3/h7-9H,4-6H2,1-3H3/t7-,8-,9+/m0/s1. The van der Waals surface area contributed by atoms with E-state index in [2.05, 4.69) is 20.8 Å². The molecule has 0 amide bonds. The Morgan fingerprint density at radius 1 is 1.27 bits per heavy atom. The lowest BCUT2D eigenvalue weighted by molar-refractivity contribution is 0.00782. The molecule has 3 atom stereocenters. The topological polar surface area (TPSA) is 9.23 Å². The quantitative estimate of drug-likeness (QED) is 0.521. The van der Waals surface area contributed by atoms with Crippen LogP contribution in [0, 0.1) is 17.8 Å². The molecule has 1 aliphatic carbocycles. The van der Waals surface area contributed by atoms with Crippen LogP contribution in [-0.4, -0.2) is 12.2 Å². The van der Waals surface area contributed by atoms with E-state index in [9.17, 15) is 0 Å². The van der Waals surface area contributed by atoms with Gasteiger partial charge in [-0.2, -0.15) is 0 Å². The molecule has 2 rings (SSSR count). The predicted octanol–water partition coefficient (Wildman–Crippen LogP) is 2.46. The molecule has 0 aromatic carbocycles. The first-order chi connectivity index (χ1) is 5.11. The van der Waals surface area contributed by atoms with Crippen molar-refractivity contribution < 1.29 is 4.74 Å². The van der Waals surface area contributed by atoms with Crippen LogP contribution in [0.2, 0.25) is 0 Å². The Morgan fingerprint density at radius 2 is 2.00 bits per heavy atom. The minimum atomic E-state index is 0.176. The molecule has 1 saturated heterocycles. The largest absolute Gasteiger partial charge is 0.375 e. The highest BCUT2D eigenvalue weighted by atomic mass is 16.5. The summed E-state index contributed by atoms with van der Waals surface area (Å²) in [6, 6.07) is 0. The second kappa shape index (κ2) is 2.22. The maximum absolute atomic E-state index is 5.78. The molecule has 0 aromatic heterocycles. The Bertz CT molecular complexity index is 162. The molecule has 11 heavy (non-hydrogen) atoms. The highest BCUT2D eigenvalue weighted by Crippen LogP contribution is 2.48. The minimum absolute atomic E-state index is 0.176. The molecule has 0 radical (unpaired) electrons. The van der Waals surface area contributed by atoms with Crippen LogP contribution in [0.1, 0.15) is 33.6 Å². The van der Waals surface area contributed by atoms with Gasteiger partial charge in [-0.1, -0.05) is 6.92 Å². The first-order valence-corrected chi connectivity index (χ1v) is 4.75. The maximum atomic E-state index is 5.78. The van der Waals surface area contributed by atoms with E-state index in [-0.39, 0.29) is 5.60 Å². The fourth-order valence-corrected chi connectivity index (χ4v) is 2.83. The number of ether oxygens (including phenoxy) is 1. The molecular weight excluding hydrogens is 136 g/mol. The van der Waals surface area contributed by atoms with Crippen molar-refractivity contribution in [3.05, 3.63) is 0 Å². The molecule has 1 aliphatic heterocycles. The molecule has 1 heteroatoms. The molecule has 0 aromatic rings. The summed E-state index contributed by atoms with van der Waals surface area (Å²) in [5, 5.41) is 0. The normalized spacial score (nSPS) is 47.7. The summed E-state index contributed by atoms with van der Waals surface area (Å²) >= 11 is 0. The zero-order valence-corrected chi connectivity index (χ0v) is 7.76. The average Bonchev–Trinajstić information content (AvgIpc) is 2.39. The van der Waals surface area contributed by atoms with Crippen LogP contribution in [0.4, 0.5) is 0 Å². The van der Waals surface area contributed by atoms with Crippen molar-refractivity contribution in [3.8, 4) is 0 Å². The molecule has 1 heterocycles.